The number of halogens is 1. The molecule has 0 bridgehead atoms. The van der Waals surface area contributed by atoms with Crippen molar-refractivity contribution < 1.29 is 19.0 Å². The van der Waals surface area contributed by atoms with Crippen molar-refractivity contribution in [3.8, 4) is 5.75 Å². The first kappa shape index (κ1) is 26.2. The highest BCUT2D eigenvalue weighted by atomic mass is 19.1. The molecule has 0 unspecified atom stereocenters. The number of fused-ring (bicyclic) bond motifs is 1. The van der Waals surface area contributed by atoms with Crippen molar-refractivity contribution in [1.29, 1.82) is 0 Å². The minimum Gasteiger partial charge on any atom is -0.496 e. The maximum atomic E-state index is 12.5. The first-order chi connectivity index (χ1) is 18.5. The highest BCUT2D eigenvalue weighted by Gasteiger charge is 2.27. The number of carbonyl (C=O) groups is 1. The lowest BCUT2D eigenvalue weighted by Gasteiger charge is -2.39. The van der Waals surface area contributed by atoms with Crippen LogP contribution in [-0.4, -0.2) is 49.4 Å². The van der Waals surface area contributed by atoms with E-state index < -0.39 is 5.97 Å². The van der Waals surface area contributed by atoms with Crippen molar-refractivity contribution in [2.24, 2.45) is 5.92 Å². The number of benzene rings is 3. The van der Waals surface area contributed by atoms with Gasteiger partial charge in [0, 0.05) is 25.2 Å². The number of carboxylic acids is 1. The fourth-order valence-electron chi connectivity index (χ4n) is 6.11. The first-order valence-corrected chi connectivity index (χ1v) is 13.6. The summed E-state index contributed by atoms with van der Waals surface area (Å²) in [6, 6.07) is 20.6. The molecule has 2 aliphatic rings. The smallest absolute Gasteiger partial charge is 0.335 e. The van der Waals surface area contributed by atoms with Crippen LogP contribution in [0.15, 0.2) is 60.7 Å². The minimum absolute atomic E-state index is 0.240. The van der Waals surface area contributed by atoms with Crippen LogP contribution in [0.4, 0.5) is 4.39 Å². The fraction of sp³-hybridized carbons (Fsp3) is 0.364. The molecule has 0 saturated carbocycles. The number of aryl methyl sites for hydroxylation is 2. The van der Waals surface area contributed by atoms with Gasteiger partial charge in [0.25, 0.3) is 0 Å². The molecule has 0 atom stereocenters. The second kappa shape index (κ2) is 11.5. The lowest BCUT2D eigenvalue weighted by molar-refractivity contribution is 0.0696. The number of alkyl halides is 1. The predicted molar refractivity (Wildman–Crippen MR) is 151 cm³/mol. The molecule has 5 heteroatoms. The number of hydrogen-bond acceptors (Lipinski definition) is 3. The van der Waals surface area contributed by atoms with Gasteiger partial charge in [-0.1, -0.05) is 42.5 Å². The van der Waals surface area contributed by atoms with E-state index in [9.17, 15) is 14.3 Å². The molecule has 3 aromatic carbocycles. The molecule has 198 valence electrons. The number of rotatable bonds is 9. The Balaban J connectivity index is 1.54. The quantitative estimate of drug-likeness (QED) is 0.341. The Labute approximate surface area is 224 Å². The maximum Gasteiger partial charge on any atom is 0.335 e. The van der Waals surface area contributed by atoms with Gasteiger partial charge in [0.05, 0.1) is 19.3 Å². The molecular weight excluding hydrogens is 477 g/mol. The van der Waals surface area contributed by atoms with Crippen molar-refractivity contribution in [2.45, 2.75) is 39.0 Å². The van der Waals surface area contributed by atoms with Gasteiger partial charge in [0.2, 0.25) is 0 Å². The van der Waals surface area contributed by atoms with Crippen LogP contribution in [0.5, 0.6) is 5.75 Å². The first-order valence-electron chi connectivity index (χ1n) is 13.6. The third-order valence-electron chi connectivity index (χ3n) is 7.96. The predicted octanol–water partition coefficient (Wildman–Crippen LogP) is 6.83. The highest BCUT2D eigenvalue weighted by Crippen LogP contribution is 2.43. The molecule has 1 heterocycles. The van der Waals surface area contributed by atoms with Crippen LogP contribution in [0.2, 0.25) is 0 Å². The lowest BCUT2D eigenvalue weighted by Crippen LogP contribution is -2.47. The third kappa shape index (κ3) is 5.39. The van der Waals surface area contributed by atoms with E-state index in [4.69, 9.17) is 4.74 Å². The molecule has 38 heavy (non-hydrogen) atoms. The van der Waals surface area contributed by atoms with E-state index in [0.29, 0.717) is 17.9 Å². The molecule has 1 aliphatic heterocycles. The molecule has 1 fully saturated rings. The van der Waals surface area contributed by atoms with Crippen LogP contribution in [0.1, 0.15) is 63.0 Å². The number of allylic oxidation sites excluding steroid dienone is 1. The van der Waals surface area contributed by atoms with Crippen molar-refractivity contribution in [2.75, 3.05) is 33.4 Å². The van der Waals surface area contributed by atoms with E-state index in [1.54, 1.807) is 13.2 Å². The lowest BCUT2D eigenvalue weighted by atomic mass is 9.85. The highest BCUT2D eigenvalue weighted by molar-refractivity contribution is 6.02. The summed E-state index contributed by atoms with van der Waals surface area (Å²) in [6.45, 7) is 4.83. The summed E-state index contributed by atoms with van der Waals surface area (Å²) < 4.78 is 18.3. The zero-order valence-electron chi connectivity index (χ0n) is 22.3. The monoisotopic (exact) mass is 513 g/mol. The summed E-state index contributed by atoms with van der Waals surface area (Å²) in [4.78, 5) is 14.0. The van der Waals surface area contributed by atoms with Crippen LogP contribution in [-0.2, 0) is 12.8 Å². The van der Waals surface area contributed by atoms with E-state index >= 15 is 0 Å². The van der Waals surface area contributed by atoms with Crippen LogP contribution in [0.25, 0.3) is 11.1 Å². The summed E-state index contributed by atoms with van der Waals surface area (Å²) in [6.07, 6.45) is 4.30. The van der Waals surface area contributed by atoms with Gasteiger partial charge in [-0.25, -0.2) is 4.79 Å². The topological polar surface area (TPSA) is 49.8 Å². The zero-order chi connectivity index (χ0) is 26.6. The Morgan fingerprint density at radius 2 is 1.87 bits per heavy atom. The van der Waals surface area contributed by atoms with Crippen molar-refractivity contribution in [3.05, 3.63) is 99.6 Å². The van der Waals surface area contributed by atoms with Crippen molar-refractivity contribution in [1.82, 2.24) is 4.90 Å². The molecule has 5 rings (SSSR count). The largest absolute Gasteiger partial charge is 0.496 e. The molecule has 3 aromatic rings. The molecule has 0 radical (unpaired) electrons. The van der Waals surface area contributed by atoms with Crippen LogP contribution in [0, 0.1) is 12.8 Å². The molecule has 0 spiro atoms. The van der Waals surface area contributed by atoms with E-state index in [1.807, 2.05) is 24.3 Å². The Morgan fingerprint density at radius 3 is 2.58 bits per heavy atom. The minimum atomic E-state index is -0.896. The number of carboxylic acid groups (broad SMARTS) is 1. The molecule has 1 N–H and O–H groups in total. The van der Waals surface area contributed by atoms with E-state index in [1.165, 1.54) is 16.7 Å². The normalized spacial score (nSPS) is 16.1. The fourth-order valence-corrected chi connectivity index (χ4v) is 6.11. The summed E-state index contributed by atoms with van der Waals surface area (Å²) in [5.74, 6) is 0.591. The van der Waals surface area contributed by atoms with Gasteiger partial charge >= 0.3 is 5.97 Å². The second-order valence-electron chi connectivity index (χ2n) is 10.6. The molecule has 1 aliphatic carbocycles. The number of aromatic carboxylic acids is 1. The van der Waals surface area contributed by atoms with Gasteiger partial charge in [-0.3, -0.25) is 4.39 Å². The molecule has 1 saturated heterocycles. The third-order valence-corrected chi connectivity index (χ3v) is 7.96. The van der Waals surface area contributed by atoms with E-state index in [2.05, 4.69) is 42.2 Å². The Hall–Kier alpha value is -3.44. The standard InChI is InChI=1S/C33H36FNO3/c1-22-6-3-9-30(38-2)31(22)29-8-4-7-26-19-27(33(36)37)14-15-28(26)32(29)25-12-10-23(11-13-25)18-24-20-35(21-24)17-5-16-34/h3,6,9-15,19,24H,4-5,7-8,16-18,20-21H2,1-2H3,(H,36,37). The maximum absolute atomic E-state index is 12.5. The molecule has 0 amide bonds. The zero-order valence-corrected chi connectivity index (χ0v) is 22.3. The molecule has 4 nitrogen and oxygen atoms in total. The summed E-state index contributed by atoms with van der Waals surface area (Å²) in [5, 5.41) is 9.61. The SMILES string of the molecule is COc1cccc(C)c1C1=C(c2ccc(CC3CN(CCCF)C3)cc2)c2ccc(C(=O)O)cc2CCC1. The van der Waals surface area contributed by atoms with Crippen molar-refractivity contribution >= 4 is 17.1 Å². The Bertz CT molecular complexity index is 1340. The van der Waals surface area contributed by atoms with Gasteiger partial charge in [-0.05, 0) is 102 Å². The summed E-state index contributed by atoms with van der Waals surface area (Å²) >= 11 is 0. The molecular formula is C33H36FNO3. The number of ether oxygens (including phenoxy) is 1. The molecule has 0 aromatic heterocycles. The van der Waals surface area contributed by atoms with Crippen LogP contribution in [0.3, 0.4) is 0 Å². The van der Waals surface area contributed by atoms with Gasteiger partial charge in [-0.2, -0.15) is 0 Å². The van der Waals surface area contributed by atoms with E-state index in [0.717, 1.165) is 78.9 Å². The van der Waals surface area contributed by atoms with Crippen LogP contribution >= 0.6 is 0 Å². The van der Waals surface area contributed by atoms with Gasteiger partial charge < -0.3 is 14.7 Å². The summed E-state index contributed by atoms with van der Waals surface area (Å²) in [5.41, 5.74) is 9.67. The number of likely N-dealkylation sites (tertiary alicyclic amines) is 1. The van der Waals surface area contributed by atoms with Crippen LogP contribution < -0.4 is 4.74 Å². The van der Waals surface area contributed by atoms with Gasteiger partial charge in [-0.15, -0.1) is 0 Å². The van der Waals surface area contributed by atoms with Crippen molar-refractivity contribution in [3.63, 3.8) is 0 Å². The second-order valence-corrected chi connectivity index (χ2v) is 10.6. The van der Waals surface area contributed by atoms with Gasteiger partial charge in [0.15, 0.2) is 0 Å². The Morgan fingerprint density at radius 1 is 1.08 bits per heavy atom. The number of hydrogen-bond donors (Lipinski definition) is 1. The number of nitrogens with zero attached hydrogens (tertiary/aromatic N) is 1. The summed E-state index contributed by atoms with van der Waals surface area (Å²) in [7, 11) is 1.72. The average molecular weight is 514 g/mol. The Kier molecular flexibility index (Phi) is 7.94. The average Bonchev–Trinajstić information content (AvgIpc) is 3.09. The number of methoxy groups -OCH3 is 1. The van der Waals surface area contributed by atoms with E-state index in [-0.39, 0.29) is 6.67 Å². The van der Waals surface area contributed by atoms with Gasteiger partial charge in [0.1, 0.15) is 5.75 Å².